The molecule has 0 bridgehead atoms. The Morgan fingerprint density at radius 1 is 0.500 bits per heavy atom. The quantitative estimate of drug-likeness (QED) is 0.564. The van der Waals surface area contributed by atoms with Gasteiger partial charge in [-0.15, -0.1) is 0 Å². The van der Waals surface area contributed by atoms with Crippen molar-refractivity contribution in [3.8, 4) is 0 Å². The molecule has 3 radical (unpaired) electrons. The molecule has 41 valence electrons. The van der Waals surface area contributed by atoms with Crippen LogP contribution in [0.3, 0.4) is 0 Å². The van der Waals surface area contributed by atoms with Crippen LogP contribution in [0.4, 0.5) is 0 Å². The van der Waals surface area contributed by atoms with Gasteiger partial charge in [0.05, 0.1) is 0 Å². The summed E-state index contributed by atoms with van der Waals surface area (Å²) >= 11 is 0. The third kappa shape index (κ3) is 9.68. The van der Waals surface area contributed by atoms with Crippen molar-refractivity contribution in [3.05, 3.63) is 0 Å². The predicted octanol–water partition coefficient (Wildman–Crippen LogP) is 0.154. The average molecular weight is 208 g/mol. The molecule has 0 heterocycles. The molecule has 0 amide bonds. The molecule has 0 aromatic carbocycles. The van der Waals surface area contributed by atoms with Gasteiger partial charge in [0.15, 0.2) is 0 Å². The van der Waals surface area contributed by atoms with Crippen LogP contribution in [-0.2, 0) is 51.2 Å². The summed E-state index contributed by atoms with van der Waals surface area (Å²) in [5, 5.41) is 0. The third-order valence-corrected chi connectivity index (χ3v) is 0. The van der Waals surface area contributed by atoms with E-state index in [1.807, 2.05) is 0 Å². The zero-order chi connectivity index (χ0) is 0. The van der Waals surface area contributed by atoms with Crippen molar-refractivity contribution in [2.24, 2.45) is 0 Å². The van der Waals surface area contributed by atoms with Gasteiger partial charge >= 0.3 is 0 Å². The Balaban J connectivity index is 0. The Hall–Kier alpha value is 1.52. The van der Waals surface area contributed by atoms with Crippen molar-refractivity contribution in [1.82, 2.24) is 6.15 Å². The molecular weight excluding hydrogens is 205 g/mol. The van der Waals surface area contributed by atoms with Crippen LogP contribution in [0.25, 0.3) is 0 Å². The van der Waals surface area contributed by atoms with E-state index in [1.54, 1.807) is 0 Å². The Labute approximate surface area is 57.3 Å². The van der Waals surface area contributed by atoms with Crippen LogP contribution >= 0.6 is 0 Å². The van der Waals surface area contributed by atoms with E-state index < -0.39 is 0 Å². The minimum Gasteiger partial charge on any atom is -0.344 e. The molecule has 0 saturated carbocycles. The first-order valence-corrected chi connectivity index (χ1v) is 0. The van der Waals surface area contributed by atoms with Crippen LogP contribution in [0.15, 0.2) is 0 Å². The molecule has 0 atom stereocenters. The van der Waals surface area contributed by atoms with Crippen LogP contribution < -0.4 is 6.15 Å². The zero-order valence-corrected chi connectivity index (χ0v) is 4.44. The second kappa shape index (κ2) is 24.3. The molecule has 0 rings (SSSR count). The number of hydrogen-bond donors (Lipinski definition) is 1. The van der Waals surface area contributed by atoms with E-state index in [0.717, 1.165) is 0 Å². The molecule has 0 aliphatic heterocycles. The van der Waals surface area contributed by atoms with Gasteiger partial charge in [0.1, 0.15) is 0 Å². The van der Waals surface area contributed by atoms with Crippen molar-refractivity contribution in [3.63, 3.8) is 0 Å². The summed E-state index contributed by atoms with van der Waals surface area (Å²) in [6.07, 6.45) is 0. The minimum atomic E-state index is 0. The van der Waals surface area contributed by atoms with Gasteiger partial charge in [0, 0.05) is 51.2 Å². The first-order valence-electron chi connectivity index (χ1n) is 0. The van der Waals surface area contributed by atoms with Crippen LogP contribution in [0.5, 0.6) is 0 Å². The molecule has 0 aliphatic carbocycles. The van der Waals surface area contributed by atoms with Gasteiger partial charge in [0.25, 0.3) is 0 Å². The molecular formula is H3Cu3N. The minimum absolute atomic E-state index is 0. The fourth-order valence-corrected chi connectivity index (χ4v) is 0. The molecule has 0 aromatic rings. The second-order valence-corrected chi connectivity index (χ2v) is 0. The second-order valence-electron chi connectivity index (χ2n) is 0. The number of rotatable bonds is 0. The molecule has 1 nitrogen and oxygen atoms in total. The van der Waals surface area contributed by atoms with Crippen LogP contribution in [0.1, 0.15) is 0 Å². The number of hydrogen-bond acceptors (Lipinski definition) is 1. The van der Waals surface area contributed by atoms with Crippen molar-refractivity contribution >= 4 is 0 Å². The van der Waals surface area contributed by atoms with Gasteiger partial charge in [-0.1, -0.05) is 0 Å². The van der Waals surface area contributed by atoms with Crippen molar-refractivity contribution < 1.29 is 51.2 Å². The zero-order valence-electron chi connectivity index (χ0n) is 1.61. The SMILES string of the molecule is N.[Cu].[Cu].[Cu]. The van der Waals surface area contributed by atoms with E-state index in [1.165, 1.54) is 0 Å². The Bertz CT molecular complexity index is 3.25. The van der Waals surface area contributed by atoms with Gasteiger partial charge in [-0.05, 0) is 0 Å². The average Bonchev–Trinajstić information content (AvgIpc) is 0. The van der Waals surface area contributed by atoms with Crippen LogP contribution in [0.2, 0.25) is 0 Å². The molecule has 0 fully saturated rings. The first-order chi connectivity index (χ1) is 0. The molecule has 4 heavy (non-hydrogen) atoms. The standard InChI is InChI=1S/3Cu.H3N/h;;;1H3. The predicted molar refractivity (Wildman–Crippen MR) is 5.02 cm³/mol. The molecule has 0 saturated heterocycles. The summed E-state index contributed by atoms with van der Waals surface area (Å²) < 4.78 is 0. The van der Waals surface area contributed by atoms with E-state index in [0.29, 0.717) is 0 Å². The summed E-state index contributed by atoms with van der Waals surface area (Å²) in [5.41, 5.74) is 0. The van der Waals surface area contributed by atoms with Gasteiger partial charge in [-0.3, -0.25) is 0 Å². The third-order valence-electron chi connectivity index (χ3n) is 0. The maximum Gasteiger partial charge on any atom is 0 e. The summed E-state index contributed by atoms with van der Waals surface area (Å²) in [5.74, 6) is 0. The maximum absolute atomic E-state index is 0. The monoisotopic (exact) mass is 206 g/mol. The largest absolute Gasteiger partial charge is 0.344 e. The van der Waals surface area contributed by atoms with E-state index >= 15 is 0 Å². The molecule has 0 aliphatic rings. The smallest absolute Gasteiger partial charge is 0 e. The maximum atomic E-state index is 0. The van der Waals surface area contributed by atoms with Gasteiger partial charge in [-0.25, -0.2) is 0 Å². The summed E-state index contributed by atoms with van der Waals surface area (Å²) in [6, 6.07) is 0. The summed E-state index contributed by atoms with van der Waals surface area (Å²) in [7, 11) is 0. The Morgan fingerprint density at radius 3 is 0.500 bits per heavy atom. The topological polar surface area (TPSA) is 35.0 Å². The van der Waals surface area contributed by atoms with Crippen LogP contribution in [0, 0.1) is 0 Å². The molecule has 0 aromatic heterocycles. The normalized spacial score (nSPS) is 0. The summed E-state index contributed by atoms with van der Waals surface area (Å²) in [6.45, 7) is 0. The summed E-state index contributed by atoms with van der Waals surface area (Å²) in [4.78, 5) is 0. The van der Waals surface area contributed by atoms with Crippen molar-refractivity contribution in [2.75, 3.05) is 0 Å². The van der Waals surface area contributed by atoms with E-state index in [-0.39, 0.29) is 57.4 Å². The molecule has 0 spiro atoms. The fourth-order valence-electron chi connectivity index (χ4n) is 0. The van der Waals surface area contributed by atoms with E-state index in [4.69, 9.17) is 0 Å². The van der Waals surface area contributed by atoms with E-state index in [2.05, 4.69) is 0 Å². The van der Waals surface area contributed by atoms with Gasteiger partial charge in [0.2, 0.25) is 0 Å². The van der Waals surface area contributed by atoms with Crippen LogP contribution in [-0.4, -0.2) is 0 Å². The van der Waals surface area contributed by atoms with Gasteiger partial charge < -0.3 is 6.15 Å². The fraction of sp³-hybridized carbons (Fsp3) is 0. The van der Waals surface area contributed by atoms with Crippen molar-refractivity contribution in [1.29, 1.82) is 0 Å². The Morgan fingerprint density at radius 2 is 0.500 bits per heavy atom. The van der Waals surface area contributed by atoms with Gasteiger partial charge in [-0.2, -0.15) is 0 Å². The van der Waals surface area contributed by atoms with E-state index in [9.17, 15) is 0 Å². The molecule has 3 N–H and O–H groups in total. The first kappa shape index (κ1) is 48.9. The molecule has 0 unspecified atom stereocenters. The Kier molecular flexibility index (Phi) is 296. The molecule has 4 heteroatoms. The van der Waals surface area contributed by atoms with Crippen molar-refractivity contribution in [2.45, 2.75) is 0 Å².